The van der Waals surface area contributed by atoms with Crippen LogP contribution >= 0.6 is 0 Å². The van der Waals surface area contributed by atoms with Gasteiger partial charge in [0.05, 0.1) is 6.07 Å². The lowest BCUT2D eigenvalue weighted by Crippen LogP contribution is -2.48. The summed E-state index contributed by atoms with van der Waals surface area (Å²) in [6, 6.07) is 2.22. The maximum atomic E-state index is 12.2. The predicted molar refractivity (Wildman–Crippen MR) is 75.3 cm³/mol. The van der Waals surface area contributed by atoms with Crippen LogP contribution in [0.3, 0.4) is 0 Å². The number of hydrogen-bond donors (Lipinski definition) is 1. The molecule has 19 heavy (non-hydrogen) atoms. The summed E-state index contributed by atoms with van der Waals surface area (Å²) in [6.45, 7) is 5.21. The van der Waals surface area contributed by atoms with Gasteiger partial charge in [0.1, 0.15) is 5.41 Å². The van der Waals surface area contributed by atoms with Crippen LogP contribution in [-0.4, -0.2) is 12.5 Å². The molecule has 0 aromatic carbocycles. The van der Waals surface area contributed by atoms with Crippen molar-refractivity contribution in [1.82, 2.24) is 5.32 Å². The first kappa shape index (κ1) is 14.4. The van der Waals surface area contributed by atoms with Crippen molar-refractivity contribution in [1.29, 1.82) is 5.26 Å². The number of amides is 1. The SMILES string of the molecule is CC(C)(CNC(=O)C1(C#N)CCC1)C1CCCCC1. The summed E-state index contributed by atoms with van der Waals surface area (Å²) >= 11 is 0. The Hall–Kier alpha value is -1.04. The first-order chi connectivity index (χ1) is 9.00. The molecule has 0 aliphatic heterocycles. The van der Waals surface area contributed by atoms with Crippen molar-refractivity contribution in [3.8, 4) is 6.07 Å². The second-order valence-corrected chi connectivity index (χ2v) is 7.05. The van der Waals surface area contributed by atoms with E-state index in [0.717, 1.165) is 19.3 Å². The number of nitrogens with zero attached hydrogens (tertiary/aromatic N) is 1. The average Bonchev–Trinajstić information content (AvgIpc) is 2.37. The van der Waals surface area contributed by atoms with Crippen LogP contribution in [0, 0.1) is 28.1 Å². The molecule has 106 valence electrons. The lowest BCUT2D eigenvalue weighted by Gasteiger charge is -2.39. The molecule has 0 aromatic heterocycles. The topological polar surface area (TPSA) is 52.9 Å². The second-order valence-electron chi connectivity index (χ2n) is 7.05. The van der Waals surface area contributed by atoms with Gasteiger partial charge in [-0.1, -0.05) is 33.1 Å². The Kier molecular flexibility index (Phi) is 4.18. The van der Waals surface area contributed by atoms with E-state index in [1.807, 2.05) is 0 Å². The number of nitriles is 1. The Morgan fingerprint density at radius 2 is 1.89 bits per heavy atom. The van der Waals surface area contributed by atoms with Crippen LogP contribution in [0.25, 0.3) is 0 Å². The Morgan fingerprint density at radius 1 is 1.26 bits per heavy atom. The molecule has 0 spiro atoms. The van der Waals surface area contributed by atoms with Gasteiger partial charge in [0, 0.05) is 6.54 Å². The standard InChI is InChI=1S/C16H26N2O/c1-15(2,13-7-4-3-5-8-13)12-18-14(19)16(11-17)9-6-10-16/h13H,3-10,12H2,1-2H3,(H,18,19). The maximum absolute atomic E-state index is 12.2. The van der Waals surface area contributed by atoms with Gasteiger partial charge >= 0.3 is 0 Å². The molecule has 0 unspecified atom stereocenters. The smallest absolute Gasteiger partial charge is 0.240 e. The Morgan fingerprint density at radius 3 is 2.37 bits per heavy atom. The van der Waals surface area contributed by atoms with Crippen molar-refractivity contribution in [2.24, 2.45) is 16.7 Å². The lowest BCUT2D eigenvalue weighted by molar-refractivity contribution is -0.132. The van der Waals surface area contributed by atoms with Crippen molar-refractivity contribution < 1.29 is 4.79 Å². The Labute approximate surface area is 116 Å². The van der Waals surface area contributed by atoms with Crippen molar-refractivity contribution in [2.45, 2.75) is 65.2 Å². The number of rotatable bonds is 4. The average molecular weight is 262 g/mol. The van der Waals surface area contributed by atoms with E-state index in [9.17, 15) is 10.1 Å². The molecule has 3 nitrogen and oxygen atoms in total. The van der Waals surface area contributed by atoms with Gasteiger partial charge < -0.3 is 5.32 Å². The lowest BCUT2D eigenvalue weighted by atomic mass is 9.68. The fourth-order valence-corrected chi connectivity index (χ4v) is 3.43. The van der Waals surface area contributed by atoms with Crippen LogP contribution in [-0.2, 0) is 4.79 Å². The van der Waals surface area contributed by atoms with Crippen LogP contribution in [0.1, 0.15) is 65.2 Å². The van der Waals surface area contributed by atoms with Crippen LogP contribution in [0.5, 0.6) is 0 Å². The summed E-state index contributed by atoms with van der Waals surface area (Å²) in [5.41, 5.74) is -0.556. The van der Waals surface area contributed by atoms with Gasteiger partial charge in [0.2, 0.25) is 5.91 Å². The third kappa shape index (κ3) is 2.94. The highest BCUT2D eigenvalue weighted by Crippen LogP contribution is 2.41. The van der Waals surface area contributed by atoms with E-state index in [2.05, 4.69) is 25.2 Å². The molecule has 0 bridgehead atoms. The first-order valence-electron chi connectivity index (χ1n) is 7.70. The van der Waals surface area contributed by atoms with Gasteiger partial charge in [-0.3, -0.25) is 4.79 Å². The number of carbonyl (C=O) groups is 1. The zero-order chi connectivity index (χ0) is 13.9. The molecule has 3 heteroatoms. The van der Waals surface area contributed by atoms with Crippen molar-refractivity contribution in [2.75, 3.05) is 6.54 Å². The molecule has 0 heterocycles. The van der Waals surface area contributed by atoms with Gasteiger partial charge in [0.15, 0.2) is 0 Å². The molecule has 2 fully saturated rings. The van der Waals surface area contributed by atoms with Crippen molar-refractivity contribution in [3.05, 3.63) is 0 Å². The highest BCUT2D eigenvalue weighted by atomic mass is 16.2. The molecular formula is C16H26N2O. The second kappa shape index (κ2) is 5.53. The van der Waals surface area contributed by atoms with Crippen LogP contribution in [0.4, 0.5) is 0 Å². The third-order valence-corrected chi connectivity index (χ3v) is 5.27. The van der Waals surface area contributed by atoms with Gasteiger partial charge in [-0.25, -0.2) is 0 Å². The minimum atomic E-state index is -0.706. The normalized spacial score (nSPS) is 23.2. The molecule has 2 rings (SSSR count). The summed E-state index contributed by atoms with van der Waals surface area (Å²) in [5, 5.41) is 12.2. The molecule has 0 atom stereocenters. The first-order valence-corrected chi connectivity index (χ1v) is 7.70. The summed E-state index contributed by atoms with van der Waals surface area (Å²) in [6.07, 6.45) is 9.05. The fraction of sp³-hybridized carbons (Fsp3) is 0.875. The van der Waals surface area contributed by atoms with E-state index in [4.69, 9.17) is 0 Å². The summed E-state index contributed by atoms with van der Waals surface area (Å²) < 4.78 is 0. The maximum Gasteiger partial charge on any atom is 0.240 e. The summed E-state index contributed by atoms with van der Waals surface area (Å²) in [7, 11) is 0. The third-order valence-electron chi connectivity index (χ3n) is 5.27. The van der Waals surface area contributed by atoms with Crippen LogP contribution in [0.15, 0.2) is 0 Å². The molecule has 1 amide bonds. The Balaban J connectivity index is 1.87. The number of carbonyl (C=O) groups excluding carboxylic acids is 1. The van der Waals surface area contributed by atoms with E-state index in [1.54, 1.807) is 0 Å². The van der Waals surface area contributed by atoms with Crippen LogP contribution in [0.2, 0.25) is 0 Å². The Bertz CT molecular complexity index is 371. The highest BCUT2D eigenvalue weighted by Gasteiger charge is 2.45. The molecule has 0 radical (unpaired) electrons. The molecule has 2 saturated carbocycles. The molecule has 2 aliphatic rings. The number of nitrogens with one attached hydrogen (secondary N) is 1. The van der Waals surface area contributed by atoms with Crippen LogP contribution < -0.4 is 5.32 Å². The molecule has 0 aromatic rings. The van der Waals surface area contributed by atoms with E-state index in [0.29, 0.717) is 12.5 Å². The minimum Gasteiger partial charge on any atom is -0.354 e. The van der Waals surface area contributed by atoms with Gasteiger partial charge in [-0.15, -0.1) is 0 Å². The monoisotopic (exact) mass is 262 g/mol. The number of hydrogen-bond acceptors (Lipinski definition) is 2. The van der Waals surface area contributed by atoms with E-state index in [-0.39, 0.29) is 11.3 Å². The van der Waals surface area contributed by atoms with Gasteiger partial charge in [-0.05, 0) is 43.4 Å². The quantitative estimate of drug-likeness (QED) is 0.844. The largest absolute Gasteiger partial charge is 0.354 e. The van der Waals surface area contributed by atoms with Crippen molar-refractivity contribution in [3.63, 3.8) is 0 Å². The van der Waals surface area contributed by atoms with E-state index < -0.39 is 5.41 Å². The summed E-state index contributed by atoms with van der Waals surface area (Å²) in [5.74, 6) is 0.672. The molecule has 2 aliphatic carbocycles. The molecular weight excluding hydrogens is 236 g/mol. The minimum absolute atomic E-state index is 0.0369. The van der Waals surface area contributed by atoms with E-state index >= 15 is 0 Å². The van der Waals surface area contributed by atoms with E-state index in [1.165, 1.54) is 32.1 Å². The fourth-order valence-electron chi connectivity index (χ4n) is 3.43. The predicted octanol–water partition coefficient (Wildman–Crippen LogP) is 3.40. The zero-order valence-corrected chi connectivity index (χ0v) is 12.3. The highest BCUT2D eigenvalue weighted by molar-refractivity contribution is 5.86. The summed E-state index contributed by atoms with van der Waals surface area (Å²) in [4.78, 5) is 12.2. The molecule has 0 saturated heterocycles. The van der Waals surface area contributed by atoms with Gasteiger partial charge in [0.25, 0.3) is 0 Å². The van der Waals surface area contributed by atoms with Gasteiger partial charge in [-0.2, -0.15) is 5.26 Å². The zero-order valence-electron chi connectivity index (χ0n) is 12.3. The molecule has 1 N–H and O–H groups in total. The van der Waals surface area contributed by atoms with Crippen molar-refractivity contribution >= 4 is 5.91 Å².